The van der Waals surface area contributed by atoms with Crippen molar-refractivity contribution in [3.8, 4) is 16.9 Å². The number of rotatable bonds is 9. The maximum absolute atomic E-state index is 13.5. The molecule has 7 rings (SSSR count). The van der Waals surface area contributed by atoms with Crippen molar-refractivity contribution < 1.29 is 14.0 Å². The van der Waals surface area contributed by atoms with Crippen LogP contribution in [0.5, 0.6) is 5.75 Å². The molecule has 51 heavy (non-hydrogen) atoms. The molecule has 2 aliphatic heterocycles. The summed E-state index contributed by atoms with van der Waals surface area (Å²) in [4.78, 5) is 23.1. The van der Waals surface area contributed by atoms with Gasteiger partial charge in [-0.05, 0) is 81.3 Å². The van der Waals surface area contributed by atoms with Crippen LogP contribution in [0.25, 0.3) is 22.2 Å². The molecule has 1 unspecified atom stereocenters. The number of aryl methyl sites for hydroxylation is 1. The van der Waals surface area contributed by atoms with E-state index in [0.717, 1.165) is 49.4 Å². The zero-order valence-corrected chi connectivity index (χ0v) is 32.5. The second-order valence-corrected chi connectivity index (χ2v) is 18.1. The molecule has 5 heterocycles. The Morgan fingerprint density at radius 3 is 2.51 bits per heavy atom. The number of piperidine rings is 1. The number of fused-ring (bicyclic) bond motifs is 1. The third-order valence-corrected chi connectivity index (χ3v) is 12.2. The van der Waals surface area contributed by atoms with Crippen LogP contribution in [0.1, 0.15) is 19.8 Å². The van der Waals surface area contributed by atoms with Gasteiger partial charge in [-0.1, -0.05) is 0 Å². The number of aromatic nitrogens is 6. The van der Waals surface area contributed by atoms with Crippen LogP contribution in [0.3, 0.4) is 0 Å². The summed E-state index contributed by atoms with van der Waals surface area (Å²) >= 11 is 3.60. The third-order valence-electron chi connectivity index (χ3n) is 10.1. The lowest BCUT2D eigenvalue weighted by Crippen LogP contribution is -2.52. The molecule has 3 aromatic heterocycles. The van der Waals surface area contributed by atoms with Crippen molar-refractivity contribution in [3.63, 3.8) is 0 Å². The predicted octanol–water partition coefficient (Wildman–Crippen LogP) is 6.26. The topological polar surface area (TPSA) is 135 Å². The van der Waals surface area contributed by atoms with Crippen molar-refractivity contribution in [2.24, 2.45) is 12.5 Å². The Labute approximate surface area is 306 Å². The third kappa shape index (κ3) is 6.82. The molecular formula is C36H44BrN10O3P. The van der Waals surface area contributed by atoms with Crippen molar-refractivity contribution in [1.29, 1.82) is 0 Å². The summed E-state index contributed by atoms with van der Waals surface area (Å²) in [6.45, 7) is 8.25. The molecule has 5 aromatic rings. The molecule has 0 amide bonds. The number of nitrogens with one attached hydrogen (secondary N) is 2. The minimum absolute atomic E-state index is 0.135. The Morgan fingerprint density at radius 2 is 1.82 bits per heavy atom. The Balaban J connectivity index is 1.21. The number of ether oxygens (including phenoxy) is 2. The Morgan fingerprint density at radius 1 is 1.06 bits per heavy atom. The maximum Gasteiger partial charge on any atom is 0.229 e. The first-order valence-electron chi connectivity index (χ1n) is 17.0. The van der Waals surface area contributed by atoms with Gasteiger partial charge in [-0.25, -0.2) is 4.98 Å². The lowest BCUT2D eigenvalue weighted by Gasteiger charge is -2.45. The quantitative estimate of drug-likeness (QED) is 0.164. The van der Waals surface area contributed by atoms with Gasteiger partial charge in [0.2, 0.25) is 5.95 Å². The van der Waals surface area contributed by atoms with E-state index in [1.165, 1.54) is 0 Å². The number of hydrogen-bond acceptors (Lipinski definition) is 12. The fourth-order valence-electron chi connectivity index (χ4n) is 7.89. The zero-order valence-electron chi connectivity index (χ0n) is 30.0. The summed E-state index contributed by atoms with van der Waals surface area (Å²) < 4.78 is 28.2. The number of methoxy groups -OCH3 is 1. The maximum atomic E-state index is 13.5. The van der Waals surface area contributed by atoms with E-state index >= 15 is 0 Å². The van der Waals surface area contributed by atoms with Crippen LogP contribution in [-0.4, -0.2) is 101 Å². The minimum atomic E-state index is -2.77. The second kappa shape index (κ2) is 13.8. The molecule has 2 fully saturated rings. The first-order valence-corrected chi connectivity index (χ1v) is 20.4. The fourth-order valence-corrected chi connectivity index (χ4v) is 9.58. The van der Waals surface area contributed by atoms with E-state index in [4.69, 9.17) is 14.5 Å². The molecule has 0 radical (unpaired) electrons. The number of likely N-dealkylation sites (N-methyl/N-ethyl adjacent to an activating group) is 1. The highest BCUT2D eigenvalue weighted by Gasteiger charge is 2.50. The molecule has 0 saturated carbocycles. The van der Waals surface area contributed by atoms with Gasteiger partial charge in [0.15, 0.2) is 0 Å². The summed E-state index contributed by atoms with van der Waals surface area (Å²) in [6, 6.07) is 8.29. The van der Waals surface area contributed by atoms with Gasteiger partial charge in [-0.3, -0.25) is 14.6 Å². The van der Waals surface area contributed by atoms with E-state index in [0.29, 0.717) is 55.7 Å². The number of hydrogen-bond donors (Lipinski definition) is 2. The summed E-state index contributed by atoms with van der Waals surface area (Å²) in [5.41, 5.74) is 5.87. The Bertz CT molecular complexity index is 2130. The molecule has 2 N–H and O–H groups in total. The highest BCUT2D eigenvalue weighted by molar-refractivity contribution is 9.10. The fraction of sp³-hybridized carbons (Fsp3) is 0.417. The highest BCUT2D eigenvalue weighted by Crippen LogP contribution is 2.47. The van der Waals surface area contributed by atoms with Gasteiger partial charge in [0, 0.05) is 79.3 Å². The van der Waals surface area contributed by atoms with Crippen molar-refractivity contribution >= 4 is 68.2 Å². The average molecular weight is 776 g/mol. The van der Waals surface area contributed by atoms with Gasteiger partial charge >= 0.3 is 0 Å². The van der Waals surface area contributed by atoms with Gasteiger partial charge in [-0.15, -0.1) is 0 Å². The van der Waals surface area contributed by atoms with Gasteiger partial charge in [-0.2, -0.15) is 10.1 Å². The first-order chi connectivity index (χ1) is 24.4. The number of halogens is 1. The van der Waals surface area contributed by atoms with Crippen molar-refractivity contribution in [2.45, 2.75) is 31.9 Å². The minimum Gasteiger partial charge on any atom is -0.494 e. The molecule has 1 spiro atoms. The summed E-state index contributed by atoms with van der Waals surface area (Å²) in [6.07, 6.45) is 11.1. The van der Waals surface area contributed by atoms with Gasteiger partial charge in [0.25, 0.3) is 0 Å². The van der Waals surface area contributed by atoms with Crippen molar-refractivity contribution in [1.82, 2.24) is 34.6 Å². The van der Waals surface area contributed by atoms with E-state index < -0.39 is 7.14 Å². The molecule has 2 atom stereocenters. The van der Waals surface area contributed by atoms with Gasteiger partial charge < -0.3 is 34.5 Å². The van der Waals surface area contributed by atoms with Crippen LogP contribution < -0.4 is 25.6 Å². The monoisotopic (exact) mass is 774 g/mol. The van der Waals surface area contributed by atoms with Crippen molar-refractivity contribution in [2.75, 3.05) is 69.8 Å². The largest absolute Gasteiger partial charge is 0.494 e. The molecule has 2 aliphatic rings. The van der Waals surface area contributed by atoms with Gasteiger partial charge in [0.1, 0.15) is 24.2 Å². The van der Waals surface area contributed by atoms with Crippen LogP contribution in [0.4, 0.5) is 28.8 Å². The summed E-state index contributed by atoms with van der Waals surface area (Å²) in [5, 5.41) is 11.9. The molecule has 2 saturated heterocycles. The van der Waals surface area contributed by atoms with E-state index in [2.05, 4.69) is 89.6 Å². The Hall–Kier alpha value is -4.10. The normalized spacial score (nSPS) is 18.9. The summed E-state index contributed by atoms with van der Waals surface area (Å²) in [5.74, 6) is 1.51. The number of anilines is 5. The van der Waals surface area contributed by atoms with E-state index in [9.17, 15) is 4.57 Å². The Kier molecular flexibility index (Phi) is 9.55. The highest BCUT2D eigenvalue weighted by atomic mass is 79.9. The molecule has 13 nitrogen and oxygen atoms in total. The number of benzene rings is 2. The SMILES string of the molecule is COc1cc(N2CCC3(CC2)CO[C@@H](C)C3N(C)C)c(-c2cnn(C)c2)cc1Nc1ncc(Br)c(Nc2ccc3nccnc3c2P(C)(C)=O)n1. The molecule has 268 valence electrons. The van der Waals surface area contributed by atoms with E-state index in [1.807, 2.05) is 36.3 Å². The standard InChI is InChI=1S/C36H44BrN10O3P/c1-22-33(45(2)3)36(21-50-22)10-14-47(15-11-36)29-17-30(49-5)28(16-24(29)23-18-41-46(4)20-23)43-35-40-19-25(37)34(44-35)42-27-9-8-26-31(39-13-12-38-26)32(27)51(6,7)48/h8-9,12-13,16-20,22,33H,10-11,14-15,21H2,1-7H3,(H2,40,42,43,44)/t22-,33?/m0/s1. The first kappa shape index (κ1) is 35.3. The summed E-state index contributed by atoms with van der Waals surface area (Å²) in [7, 11) is 5.15. The smallest absolute Gasteiger partial charge is 0.229 e. The van der Waals surface area contributed by atoms with Crippen LogP contribution in [0, 0.1) is 5.41 Å². The molecular weight excluding hydrogens is 731 g/mol. The lowest BCUT2D eigenvalue weighted by atomic mass is 9.72. The predicted molar refractivity (Wildman–Crippen MR) is 207 cm³/mol. The van der Waals surface area contributed by atoms with Crippen LogP contribution >= 0.6 is 23.1 Å². The average Bonchev–Trinajstić information content (AvgIpc) is 3.68. The molecule has 0 aliphatic carbocycles. The van der Waals surface area contributed by atoms with Crippen LogP contribution in [0.2, 0.25) is 0 Å². The molecule has 0 bridgehead atoms. The van der Waals surface area contributed by atoms with E-state index in [1.54, 1.807) is 39.0 Å². The molecule has 15 heteroatoms. The van der Waals surface area contributed by atoms with Crippen LogP contribution in [-0.2, 0) is 16.3 Å². The zero-order chi connectivity index (χ0) is 36.1. The van der Waals surface area contributed by atoms with Crippen molar-refractivity contribution in [3.05, 3.63) is 59.7 Å². The molecule has 2 aromatic carbocycles. The van der Waals surface area contributed by atoms with Crippen LogP contribution in [0.15, 0.2) is 59.7 Å². The lowest BCUT2D eigenvalue weighted by molar-refractivity contribution is 0.0913. The second-order valence-electron chi connectivity index (χ2n) is 14.1. The number of nitrogens with zero attached hydrogens (tertiary/aromatic N) is 8. The van der Waals surface area contributed by atoms with E-state index in [-0.39, 0.29) is 11.5 Å². The van der Waals surface area contributed by atoms with Gasteiger partial charge in [0.05, 0.1) is 52.7 Å².